The predicted octanol–water partition coefficient (Wildman–Crippen LogP) is 3.04. The quantitative estimate of drug-likeness (QED) is 0.723. The first-order valence-electron chi connectivity index (χ1n) is 9.62. The van der Waals surface area contributed by atoms with Gasteiger partial charge in [0.2, 0.25) is 0 Å². The Balaban J connectivity index is 1.34. The van der Waals surface area contributed by atoms with Crippen LogP contribution in [0.15, 0.2) is 36.4 Å². The molecule has 3 aromatic rings. The average molecular weight is 396 g/mol. The molecular formula is C21H21FN4OS. The summed E-state index contributed by atoms with van der Waals surface area (Å²) < 4.78 is 19.9. The Hall–Kier alpha value is -2.51. The Labute approximate surface area is 166 Å². The third-order valence-electron chi connectivity index (χ3n) is 5.68. The summed E-state index contributed by atoms with van der Waals surface area (Å²) in [6.07, 6.45) is 0.693. The fourth-order valence-electron chi connectivity index (χ4n) is 4.16. The standard InChI is InChI=1S/C21H21FN4OS/c22-18-6-5-15(14-7-8-23-13-17(14)18)21(27)26-11-9-25(10-12-26)20-16-3-1-2-4-19(16)28-24-20/h1-6,23H,7-13H2. The van der Waals surface area contributed by atoms with Crippen LogP contribution in [-0.4, -0.2) is 47.9 Å². The third-order valence-corrected chi connectivity index (χ3v) is 6.50. The van der Waals surface area contributed by atoms with E-state index in [-0.39, 0.29) is 11.7 Å². The molecule has 0 bridgehead atoms. The fraction of sp³-hybridized carbons (Fsp3) is 0.333. The van der Waals surface area contributed by atoms with Gasteiger partial charge in [-0.05, 0) is 54.3 Å². The normalized spacial score (nSPS) is 17.0. The third kappa shape index (κ3) is 2.95. The Morgan fingerprint density at radius 2 is 1.89 bits per heavy atom. The molecular weight excluding hydrogens is 375 g/mol. The number of aromatic nitrogens is 1. The van der Waals surface area contributed by atoms with Gasteiger partial charge in [-0.2, -0.15) is 4.37 Å². The first-order chi connectivity index (χ1) is 13.7. The molecule has 3 heterocycles. The Morgan fingerprint density at radius 1 is 1.07 bits per heavy atom. The van der Waals surface area contributed by atoms with E-state index >= 15 is 0 Å². The number of anilines is 1. The van der Waals surface area contributed by atoms with E-state index in [0.29, 0.717) is 37.2 Å². The molecule has 0 spiro atoms. The zero-order valence-electron chi connectivity index (χ0n) is 15.4. The first kappa shape index (κ1) is 17.6. The molecule has 2 aromatic carbocycles. The molecule has 28 heavy (non-hydrogen) atoms. The second kappa shape index (κ2) is 7.14. The molecule has 1 saturated heterocycles. The number of hydrogen-bond donors (Lipinski definition) is 1. The fourth-order valence-corrected chi connectivity index (χ4v) is 4.96. The minimum atomic E-state index is -0.223. The van der Waals surface area contributed by atoms with Crippen LogP contribution in [0.2, 0.25) is 0 Å². The summed E-state index contributed by atoms with van der Waals surface area (Å²) in [5, 5.41) is 4.36. The van der Waals surface area contributed by atoms with E-state index < -0.39 is 0 Å². The molecule has 0 aliphatic carbocycles. The lowest BCUT2D eigenvalue weighted by atomic mass is 9.94. The van der Waals surface area contributed by atoms with E-state index in [1.54, 1.807) is 6.07 Å². The number of rotatable bonds is 2. The highest BCUT2D eigenvalue weighted by atomic mass is 32.1. The van der Waals surface area contributed by atoms with Crippen LogP contribution < -0.4 is 10.2 Å². The van der Waals surface area contributed by atoms with Crippen molar-refractivity contribution in [1.82, 2.24) is 14.6 Å². The van der Waals surface area contributed by atoms with Crippen LogP contribution in [0, 0.1) is 5.82 Å². The molecule has 1 amide bonds. The van der Waals surface area contributed by atoms with Gasteiger partial charge in [-0.1, -0.05) is 12.1 Å². The van der Waals surface area contributed by atoms with Crippen molar-refractivity contribution in [3.05, 3.63) is 58.9 Å². The summed E-state index contributed by atoms with van der Waals surface area (Å²) in [6, 6.07) is 11.3. The maximum Gasteiger partial charge on any atom is 0.254 e. The lowest BCUT2D eigenvalue weighted by molar-refractivity contribution is 0.0745. The van der Waals surface area contributed by atoms with Crippen molar-refractivity contribution in [3.63, 3.8) is 0 Å². The van der Waals surface area contributed by atoms with Crippen LogP contribution in [0.25, 0.3) is 10.1 Å². The summed E-state index contributed by atoms with van der Waals surface area (Å²) in [5.74, 6) is 0.804. The molecule has 1 N–H and O–H groups in total. The number of fused-ring (bicyclic) bond motifs is 2. The zero-order chi connectivity index (χ0) is 19.1. The summed E-state index contributed by atoms with van der Waals surface area (Å²) >= 11 is 1.51. The second-order valence-corrected chi connectivity index (χ2v) is 8.07. The molecule has 1 fully saturated rings. The maximum atomic E-state index is 14.1. The highest BCUT2D eigenvalue weighted by molar-refractivity contribution is 7.13. The number of carbonyl (C=O) groups is 1. The summed E-state index contributed by atoms with van der Waals surface area (Å²) in [4.78, 5) is 17.3. The van der Waals surface area contributed by atoms with Gasteiger partial charge in [0, 0.05) is 49.2 Å². The second-order valence-electron chi connectivity index (χ2n) is 7.26. The minimum Gasteiger partial charge on any atom is -0.352 e. The highest BCUT2D eigenvalue weighted by Gasteiger charge is 2.27. The van der Waals surface area contributed by atoms with Gasteiger partial charge >= 0.3 is 0 Å². The van der Waals surface area contributed by atoms with E-state index in [2.05, 4.69) is 26.7 Å². The molecule has 2 aliphatic rings. The van der Waals surface area contributed by atoms with E-state index in [4.69, 9.17) is 0 Å². The topological polar surface area (TPSA) is 48.5 Å². The highest BCUT2D eigenvalue weighted by Crippen LogP contribution is 2.30. The van der Waals surface area contributed by atoms with Crippen molar-refractivity contribution < 1.29 is 9.18 Å². The van der Waals surface area contributed by atoms with Gasteiger partial charge in [-0.25, -0.2) is 4.39 Å². The Morgan fingerprint density at radius 3 is 2.75 bits per heavy atom. The average Bonchev–Trinajstić information content (AvgIpc) is 3.18. The molecule has 1 aromatic heterocycles. The van der Waals surface area contributed by atoms with Crippen molar-refractivity contribution in [2.45, 2.75) is 13.0 Å². The number of amides is 1. The van der Waals surface area contributed by atoms with Gasteiger partial charge < -0.3 is 15.1 Å². The largest absolute Gasteiger partial charge is 0.352 e. The molecule has 0 radical (unpaired) electrons. The molecule has 0 atom stereocenters. The number of carbonyl (C=O) groups excluding carboxylic acids is 1. The smallest absolute Gasteiger partial charge is 0.254 e. The molecule has 5 nitrogen and oxygen atoms in total. The zero-order valence-corrected chi connectivity index (χ0v) is 16.3. The van der Waals surface area contributed by atoms with Crippen molar-refractivity contribution >= 4 is 33.3 Å². The molecule has 5 rings (SSSR count). The predicted molar refractivity (Wildman–Crippen MR) is 110 cm³/mol. The van der Waals surface area contributed by atoms with E-state index in [1.807, 2.05) is 17.0 Å². The lowest BCUT2D eigenvalue weighted by Crippen LogP contribution is -2.49. The van der Waals surface area contributed by atoms with Crippen molar-refractivity contribution in [2.75, 3.05) is 37.6 Å². The van der Waals surface area contributed by atoms with E-state index in [0.717, 1.165) is 31.0 Å². The molecule has 0 unspecified atom stereocenters. The molecule has 7 heteroatoms. The number of halogens is 1. The SMILES string of the molecule is O=C(c1ccc(F)c2c1CCNC2)N1CCN(c2nsc3ccccc23)CC1. The monoisotopic (exact) mass is 396 g/mol. The van der Waals surface area contributed by atoms with Crippen LogP contribution >= 0.6 is 11.5 Å². The van der Waals surface area contributed by atoms with Crippen molar-refractivity contribution in [2.24, 2.45) is 0 Å². The van der Waals surface area contributed by atoms with Crippen LogP contribution in [-0.2, 0) is 13.0 Å². The van der Waals surface area contributed by atoms with Gasteiger partial charge in [0.05, 0.1) is 4.70 Å². The number of hydrogen-bond acceptors (Lipinski definition) is 5. The molecule has 2 aliphatic heterocycles. The Kier molecular flexibility index (Phi) is 4.49. The van der Waals surface area contributed by atoms with Crippen LogP contribution in [0.3, 0.4) is 0 Å². The molecule has 0 saturated carbocycles. The van der Waals surface area contributed by atoms with Gasteiger partial charge in [0.15, 0.2) is 0 Å². The summed E-state index contributed by atoms with van der Waals surface area (Å²) in [6.45, 7) is 4.08. The van der Waals surface area contributed by atoms with Gasteiger partial charge in [0.25, 0.3) is 5.91 Å². The van der Waals surface area contributed by atoms with Gasteiger partial charge in [0.1, 0.15) is 11.6 Å². The van der Waals surface area contributed by atoms with E-state index in [9.17, 15) is 9.18 Å². The number of nitrogens with one attached hydrogen (secondary N) is 1. The van der Waals surface area contributed by atoms with E-state index in [1.165, 1.54) is 27.7 Å². The van der Waals surface area contributed by atoms with Crippen molar-refractivity contribution in [1.29, 1.82) is 0 Å². The van der Waals surface area contributed by atoms with Crippen LogP contribution in [0.5, 0.6) is 0 Å². The number of benzene rings is 2. The van der Waals surface area contributed by atoms with Crippen LogP contribution in [0.4, 0.5) is 10.2 Å². The number of piperazine rings is 1. The Bertz CT molecular complexity index is 1040. The first-order valence-corrected chi connectivity index (χ1v) is 10.4. The molecule has 144 valence electrons. The van der Waals surface area contributed by atoms with Crippen molar-refractivity contribution in [3.8, 4) is 0 Å². The summed E-state index contributed by atoms with van der Waals surface area (Å²) in [5.41, 5.74) is 2.17. The summed E-state index contributed by atoms with van der Waals surface area (Å²) in [7, 11) is 0. The van der Waals surface area contributed by atoms with Crippen LogP contribution in [0.1, 0.15) is 21.5 Å². The van der Waals surface area contributed by atoms with Gasteiger partial charge in [-0.15, -0.1) is 0 Å². The minimum absolute atomic E-state index is 0.0148. The number of nitrogens with zero attached hydrogens (tertiary/aromatic N) is 3. The maximum absolute atomic E-state index is 14.1. The van der Waals surface area contributed by atoms with Gasteiger partial charge in [-0.3, -0.25) is 4.79 Å². The lowest BCUT2D eigenvalue weighted by Gasteiger charge is -2.35.